The van der Waals surface area contributed by atoms with Gasteiger partial charge in [-0.05, 0) is 23.2 Å². The van der Waals surface area contributed by atoms with Crippen molar-refractivity contribution in [3.63, 3.8) is 0 Å². The zero-order chi connectivity index (χ0) is 13.4. The number of aromatic amines is 1. The lowest BCUT2D eigenvalue weighted by Crippen LogP contribution is -2.26. The number of amides is 1. The van der Waals surface area contributed by atoms with Gasteiger partial charge < -0.3 is 20.5 Å². The Balaban J connectivity index is 2.25. The number of rotatable bonds is 8. The minimum Gasteiger partial charge on any atom is -0.396 e. The molecular weight excluding hydrogens is 258 g/mol. The van der Waals surface area contributed by atoms with E-state index in [9.17, 15) is 14.9 Å². The third-order valence-electron chi connectivity index (χ3n) is 2.09. The minimum atomic E-state index is -0.582. The minimum absolute atomic E-state index is 0.172. The zero-order valence-electron chi connectivity index (χ0n) is 9.72. The van der Waals surface area contributed by atoms with E-state index in [4.69, 9.17) is 5.11 Å². The normalized spacial score (nSPS) is 10.3. The lowest BCUT2D eigenvalue weighted by atomic mass is 10.4. The number of hydrogen-bond acceptors (Lipinski definition) is 5. The van der Waals surface area contributed by atoms with E-state index in [1.165, 1.54) is 12.1 Å². The number of aromatic nitrogens is 1. The monoisotopic (exact) mass is 273 g/mol. The van der Waals surface area contributed by atoms with E-state index in [2.05, 4.69) is 10.3 Å². The standard InChI is InChI=1S/C10H15N3O4S/c14-5-1-6-18-7-4-11-10(15)8-2-3-9(12-8)13(16)17/h2-3,12,14H,1,4-7H2,(H,11,15). The first-order chi connectivity index (χ1) is 8.65. The lowest BCUT2D eigenvalue weighted by Gasteiger charge is -2.02. The van der Waals surface area contributed by atoms with Crippen LogP contribution in [-0.4, -0.2) is 45.6 Å². The molecule has 0 atom stereocenters. The number of H-pyrrole nitrogens is 1. The first-order valence-electron chi connectivity index (χ1n) is 5.45. The molecule has 1 aromatic heterocycles. The van der Waals surface area contributed by atoms with Crippen LogP contribution in [0.4, 0.5) is 5.82 Å². The molecule has 100 valence electrons. The van der Waals surface area contributed by atoms with Gasteiger partial charge in [-0.2, -0.15) is 11.8 Å². The predicted molar refractivity (Wildman–Crippen MR) is 68.8 cm³/mol. The molecule has 0 aliphatic heterocycles. The largest absolute Gasteiger partial charge is 0.396 e. The molecule has 18 heavy (non-hydrogen) atoms. The second kappa shape index (κ2) is 7.72. The number of nitrogens with one attached hydrogen (secondary N) is 2. The summed E-state index contributed by atoms with van der Waals surface area (Å²) < 4.78 is 0. The van der Waals surface area contributed by atoms with Crippen LogP contribution in [0.3, 0.4) is 0 Å². The van der Waals surface area contributed by atoms with Crippen LogP contribution in [0.2, 0.25) is 0 Å². The number of nitro groups is 1. The number of carbonyl (C=O) groups excluding carboxylic acids is 1. The second-order valence-electron chi connectivity index (χ2n) is 3.46. The highest BCUT2D eigenvalue weighted by Gasteiger charge is 2.14. The highest BCUT2D eigenvalue weighted by Crippen LogP contribution is 2.09. The molecule has 0 radical (unpaired) electrons. The molecule has 1 rings (SSSR count). The SMILES string of the molecule is O=C(NCCSCCCO)c1ccc([N+](=O)[O-])[nH]1. The summed E-state index contributed by atoms with van der Waals surface area (Å²) in [4.78, 5) is 23.8. The number of hydrogen-bond donors (Lipinski definition) is 3. The molecule has 0 saturated carbocycles. The van der Waals surface area contributed by atoms with Crippen LogP contribution < -0.4 is 5.32 Å². The number of nitrogens with zero attached hydrogens (tertiary/aromatic N) is 1. The maximum atomic E-state index is 11.6. The van der Waals surface area contributed by atoms with Gasteiger partial charge in [0.1, 0.15) is 0 Å². The maximum Gasteiger partial charge on any atom is 0.321 e. The van der Waals surface area contributed by atoms with Gasteiger partial charge in [0, 0.05) is 25.0 Å². The summed E-state index contributed by atoms with van der Waals surface area (Å²) in [6.45, 7) is 0.660. The van der Waals surface area contributed by atoms with Gasteiger partial charge in [-0.3, -0.25) is 4.79 Å². The van der Waals surface area contributed by atoms with Crippen LogP contribution in [0.1, 0.15) is 16.9 Å². The Bertz CT molecular complexity index is 408. The molecule has 1 heterocycles. The van der Waals surface area contributed by atoms with Crippen molar-refractivity contribution in [1.82, 2.24) is 10.3 Å². The molecule has 3 N–H and O–H groups in total. The molecule has 0 unspecified atom stereocenters. The predicted octanol–water partition coefficient (Wildman–Crippen LogP) is 0.768. The lowest BCUT2D eigenvalue weighted by molar-refractivity contribution is -0.389. The molecule has 7 nitrogen and oxygen atoms in total. The smallest absolute Gasteiger partial charge is 0.321 e. The number of thioether (sulfide) groups is 1. The fourth-order valence-electron chi connectivity index (χ4n) is 1.22. The van der Waals surface area contributed by atoms with Crippen LogP contribution in [0.15, 0.2) is 12.1 Å². The molecule has 8 heteroatoms. The maximum absolute atomic E-state index is 11.6. The van der Waals surface area contributed by atoms with Gasteiger partial charge in [0.05, 0.1) is 0 Å². The summed E-state index contributed by atoms with van der Waals surface area (Å²) in [5.74, 6) is 1.04. The van der Waals surface area contributed by atoms with Crippen molar-refractivity contribution in [2.24, 2.45) is 0 Å². The zero-order valence-corrected chi connectivity index (χ0v) is 10.5. The van der Waals surface area contributed by atoms with Crippen molar-refractivity contribution < 1.29 is 14.8 Å². The van der Waals surface area contributed by atoms with Crippen LogP contribution >= 0.6 is 11.8 Å². The van der Waals surface area contributed by atoms with E-state index in [1.54, 1.807) is 11.8 Å². The first-order valence-corrected chi connectivity index (χ1v) is 6.61. The van der Waals surface area contributed by atoms with Gasteiger partial charge in [-0.15, -0.1) is 0 Å². The Kier molecular flexibility index (Phi) is 6.23. The van der Waals surface area contributed by atoms with Gasteiger partial charge in [0.15, 0.2) is 5.69 Å². The van der Waals surface area contributed by atoms with Crippen molar-refractivity contribution >= 4 is 23.5 Å². The number of aliphatic hydroxyl groups is 1. The first kappa shape index (κ1) is 14.5. The summed E-state index contributed by atoms with van der Waals surface area (Å²) in [7, 11) is 0. The highest BCUT2D eigenvalue weighted by molar-refractivity contribution is 7.99. The van der Waals surface area contributed by atoms with E-state index in [-0.39, 0.29) is 24.0 Å². The van der Waals surface area contributed by atoms with E-state index < -0.39 is 4.92 Å². The molecule has 0 bridgehead atoms. The topological polar surface area (TPSA) is 108 Å². The molecular formula is C10H15N3O4S. The van der Waals surface area contributed by atoms with E-state index in [0.717, 1.165) is 17.9 Å². The Morgan fingerprint density at radius 3 is 2.89 bits per heavy atom. The van der Waals surface area contributed by atoms with Crippen molar-refractivity contribution in [2.75, 3.05) is 24.7 Å². The number of aliphatic hydroxyl groups excluding tert-OH is 1. The van der Waals surface area contributed by atoms with Crippen molar-refractivity contribution in [3.8, 4) is 0 Å². The summed E-state index contributed by atoms with van der Waals surface area (Å²) >= 11 is 1.63. The summed E-state index contributed by atoms with van der Waals surface area (Å²) in [5, 5.41) is 21.6. The van der Waals surface area contributed by atoms with Crippen molar-refractivity contribution in [3.05, 3.63) is 27.9 Å². The van der Waals surface area contributed by atoms with E-state index >= 15 is 0 Å². The van der Waals surface area contributed by atoms with Crippen LogP contribution in [0, 0.1) is 10.1 Å². The fourth-order valence-corrected chi connectivity index (χ4v) is 2.01. The molecule has 0 aliphatic carbocycles. The average molecular weight is 273 g/mol. The average Bonchev–Trinajstić information content (AvgIpc) is 2.83. The molecule has 1 aromatic rings. The Morgan fingerprint density at radius 2 is 2.28 bits per heavy atom. The molecule has 0 saturated heterocycles. The summed E-state index contributed by atoms with van der Waals surface area (Å²) in [5.41, 5.74) is 0.182. The van der Waals surface area contributed by atoms with E-state index in [0.29, 0.717) is 6.54 Å². The summed E-state index contributed by atoms with van der Waals surface area (Å²) in [6.07, 6.45) is 0.738. The van der Waals surface area contributed by atoms with Gasteiger partial charge in [0.25, 0.3) is 5.91 Å². The highest BCUT2D eigenvalue weighted by atomic mass is 32.2. The quantitative estimate of drug-likeness (QED) is 0.368. The Morgan fingerprint density at radius 1 is 1.50 bits per heavy atom. The van der Waals surface area contributed by atoms with Gasteiger partial charge in [0.2, 0.25) is 0 Å². The third kappa shape index (κ3) is 4.76. The Hall–Kier alpha value is -1.54. The van der Waals surface area contributed by atoms with Crippen LogP contribution in [0.5, 0.6) is 0 Å². The molecule has 1 amide bonds. The fraction of sp³-hybridized carbons (Fsp3) is 0.500. The second-order valence-corrected chi connectivity index (χ2v) is 4.68. The van der Waals surface area contributed by atoms with E-state index in [1.807, 2.05) is 0 Å². The van der Waals surface area contributed by atoms with Crippen LogP contribution in [-0.2, 0) is 0 Å². The van der Waals surface area contributed by atoms with Crippen LogP contribution in [0.25, 0.3) is 0 Å². The molecule has 0 aromatic carbocycles. The van der Waals surface area contributed by atoms with Crippen molar-refractivity contribution in [1.29, 1.82) is 0 Å². The molecule has 0 fully saturated rings. The Labute approximate surface area is 108 Å². The van der Waals surface area contributed by atoms with Gasteiger partial charge in [-0.1, -0.05) is 0 Å². The third-order valence-corrected chi connectivity index (χ3v) is 3.16. The summed E-state index contributed by atoms with van der Waals surface area (Å²) in [6, 6.07) is 2.64. The van der Waals surface area contributed by atoms with Gasteiger partial charge >= 0.3 is 5.82 Å². The number of carbonyl (C=O) groups is 1. The molecule has 0 spiro atoms. The van der Waals surface area contributed by atoms with Gasteiger partial charge in [-0.25, -0.2) is 4.98 Å². The molecule has 0 aliphatic rings. The van der Waals surface area contributed by atoms with Crippen molar-refractivity contribution in [2.45, 2.75) is 6.42 Å².